The highest BCUT2D eigenvalue weighted by Gasteiger charge is 2.17. The first kappa shape index (κ1) is 14.5. The standard InChI is InChI=1S/C14H18N4OS/c1-3-5-10(12-6-4-9-20-12)16-14(19)11-7-8-13(15-2)18-17-11/h4,6-10H,3,5H2,1-2H3,(H,15,18)(H,16,19). The van der Waals surface area contributed by atoms with E-state index >= 15 is 0 Å². The molecule has 1 unspecified atom stereocenters. The van der Waals surface area contributed by atoms with Gasteiger partial charge in [-0.05, 0) is 30.0 Å². The molecule has 1 amide bonds. The van der Waals surface area contributed by atoms with Crippen molar-refractivity contribution in [1.82, 2.24) is 15.5 Å². The van der Waals surface area contributed by atoms with Gasteiger partial charge in [0, 0.05) is 11.9 Å². The molecule has 2 aromatic rings. The minimum absolute atomic E-state index is 0.0401. The molecule has 20 heavy (non-hydrogen) atoms. The molecule has 0 saturated carbocycles. The smallest absolute Gasteiger partial charge is 0.272 e. The Labute approximate surface area is 122 Å². The maximum atomic E-state index is 12.2. The second-order valence-corrected chi connectivity index (χ2v) is 5.36. The lowest BCUT2D eigenvalue weighted by atomic mass is 10.1. The summed E-state index contributed by atoms with van der Waals surface area (Å²) in [5, 5.41) is 15.8. The zero-order chi connectivity index (χ0) is 14.4. The van der Waals surface area contributed by atoms with Crippen molar-refractivity contribution in [3.8, 4) is 0 Å². The van der Waals surface area contributed by atoms with Crippen LogP contribution >= 0.6 is 11.3 Å². The monoisotopic (exact) mass is 290 g/mol. The first-order valence-electron chi connectivity index (χ1n) is 6.60. The number of thiophene rings is 1. The van der Waals surface area contributed by atoms with Crippen LogP contribution in [0.2, 0.25) is 0 Å². The maximum absolute atomic E-state index is 12.2. The first-order valence-corrected chi connectivity index (χ1v) is 7.48. The Kier molecular flexibility index (Phi) is 5.06. The molecule has 0 aliphatic carbocycles. The van der Waals surface area contributed by atoms with Crippen molar-refractivity contribution in [2.75, 3.05) is 12.4 Å². The molecule has 1 atom stereocenters. The number of rotatable bonds is 6. The van der Waals surface area contributed by atoms with Crippen LogP contribution in [0.1, 0.15) is 41.2 Å². The van der Waals surface area contributed by atoms with Gasteiger partial charge in [-0.3, -0.25) is 4.79 Å². The molecular weight excluding hydrogens is 272 g/mol. The van der Waals surface area contributed by atoms with Crippen LogP contribution in [-0.2, 0) is 0 Å². The van der Waals surface area contributed by atoms with Gasteiger partial charge in [0.05, 0.1) is 6.04 Å². The number of carbonyl (C=O) groups excluding carboxylic acids is 1. The third kappa shape index (κ3) is 3.54. The Bertz CT molecular complexity index is 539. The van der Waals surface area contributed by atoms with Crippen molar-refractivity contribution in [3.05, 3.63) is 40.2 Å². The van der Waals surface area contributed by atoms with Crippen LogP contribution in [0.15, 0.2) is 29.6 Å². The van der Waals surface area contributed by atoms with Gasteiger partial charge in [0.25, 0.3) is 5.91 Å². The van der Waals surface area contributed by atoms with Crippen LogP contribution in [0.4, 0.5) is 5.82 Å². The summed E-state index contributed by atoms with van der Waals surface area (Å²) in [5.74, 6) is 0.455. The van der Waals surface area contributed by atoms with E-state index in [0.29, 0.717) is 11.5 Å². The average Bonchev–Trinajstić information content (AvgIpc) is 3.01. The molecule has 0 radical (unpaired) electrons. The fourth-order valence-electron chi connectivity index (χ4n) is 1.88. The molecule has 0 aromatic carbocycles. The highest BCUT2D eigenvalue weighted by molar-refractivity contribution is 7.10. The van der Waals surface area contributed by atoms with Crippen molar-refractivity contribution in [3.63, 3.8) is 0 Å². The molecule has 0 spiro atoms. The van der Waals surface area contributed by atoms with E-state index in [0.717, 1.165) is 12.8 Å². The van der Waals surface area contributed by atoms with Crippen molar-refractivity contribution in [1.29, 1.82) is 0 Å². The molecular formula is C14H18N4OS. The zero-order valence-corrected chi connectivity index (χ0v) is 12.4. The SMILES string of the molecule is CCCC(NC(=O)c1ccc(NC)nn1)c1cccs1. The van der Waals surface area contributed by atoms with E-state index in [2.05, 4.69) is 27.8 Å². The number of hydrogen-bond donors (Lipinski definition) is 2. The minimum Gasteiger partial charge on any atom is -0.372 e. The molecule has 2 N–H and O–H groups in total. The summed E-state index contributed by atoms with van der Waals surface area (Å²) in [6.45, 7) is 2.11. The van der Waals surface area contributed by atoms with Gasteiger partial charge in [-0.15, -0.1) is 21.5 Å². The minimum atomic E-state index is -0.188. The van der Waals surface area contributed by atoms with Crippen molar-refractivity contribution >= 4 is 23.1 Å². The van der Waals surface area contributed by atoms with E-state index in [9.17, 15) is 4.79 Å². The number of carbonyl (C=O) groups is 1. The summed E-state index contributed by atoms with van der Waals surface area (Å²) >= 11 is 1.65. The molecule has 0 bridgehead atoms. The lowest BCUT2D eigenvalue weighted by Crippen LogP contribution is -2.29. The van der Waals surface area contributed by atoms with Crippen LogP contribution in [0, 0.1) is 0 Å². The van der Waals surface area contributed by atoms with Crippen LogP contribution in [0.5, 0.6) is 0 Å². The van der Waals surface area contributed by atoms with Gasteiger partial charge in [-0.25, -0.2) is 0 Å². The number of anilines is 1. The van der Waals surface area contributed by atoms with Gasteiger partial charge in [-0.2, -0.15) is 0 Å². The number of aromatic nitrogens is 2. The van der Waals surface area contributed by atoms with E-state index in [4.69, 9.17) is 0 Å². The number of hydrogen-bond acceptors (Lipinski definition) is 5. The molecule has 0 fully saturated rings. The first-order chi connectivity index (χ1) is 9.74. The summed E-state index contributed by atoms with van der Waals surface area (Å²) in [7, 11) is 1.76. The van der Waals surface area contributed by atoms with Gasteiger partial charge in [0.2, 0.25) is 0 Å². The highest BCUT2D eigenvalue weighted by atomic mass is 32.1. The summed E-state index contributed by atoms with van der Waals surface area (Å²) < 4.78 is 0. The second kappa shape index (κ2) is 7.00. The Morgan fingerprint density at radius 3 is 2.75 bits per heavy atom. The van der Waals surface area contributed by atoms with E-state index < -0.39 is 0 Å². The summed E-state index contributed by atoms with van der Waals surface area (Å²) in [5.41, 5.74) is 0.335. The average molecular weight is 290 g/mol. The Morgan fingerprint density at radius 1 is 1.35 bits per heavy atom. The summed E-state index contributed by atoms with van der Waals surface area (Å²) in [6, 6.07) is 7.49. The maximum Gasteiger partial charge on any atom is 0.272 e. The van der Waals surface area contributed by atoms with E-state index in [-0.39, 0.29) is 11.9 Å². The van der Waals surface area contributed by atoms with E-state index in [1.807, 2.05) is 17.5 Å². The third-order valence-electron chi connectivity index (χ3n) is 2.92. The van der Waals surface area contributed by atoms with E-state index in [1.54, 1.807) is 30.5 Å². The van der Waals surface area contributed by atoms with Gasteiger partial charge in [-0.1, -0.05) is 19.4 Å². The topological polar surface area (TPSA) is 66.9 Å². The molecule has 5 nitrogen and oxygen atoms in total. The zero-order valence-electron chi connectivity index (χ0n) is 11.6. The van der Waals surface area contributed by atoms with Crippen molar-refractivity contribution in [2.45, 2.75) is 25.8 Å². The molecule has 2 aromatic heterocycles. The van der Waals surface area contributed by atoms with Crippen LogP contribution in [0.25, 0.3) is 0 Å². The van der Waals surface area contributed by atoms with Gasteiger partial charge < -0.3 is 10.6 Å². The fraction of sp³-hybridized carbons (Fsp3) is 0.357. The van der Waals surface area contributed by atoms with Gasteiger partial charge in [0.15, 0.2) is 5.69 Å². The number of amides is 1. The largest absolute Gasteiger partial charge is 0.372 e. The molecule has 2 rings (SSSR count). The van der Waals surface area contributed by atoms with Crippen LogP contribution < -0.4 is 10.6 Å². The highest BCUT2D eigenvalue weighted by Crippen LogP contribution is 2.23. The van der Waals surface area contributed by atoms with Gasteiger partial charge >= 0.3 is 0 Å². The summed E-state index contributed by atoms with van der Waals surface area (Å²) in [6.07, 6.45) is 1.92. The molecule has 2 heterocycles. The summed E-state index contributed by atoms with van der Waals surface area (Å²) in [4.78, 5) is 13.4. The molecule has 0 aliphatic heterocycles. The van der Waals surface area contributed by atoms with Crippen molar-refractivity contribution in [2.24, 2.45) is 0 Å². The lowest BCUT2D eigenvalue weighted by molar-refractivity contribution is 0.0929. The normalized spacial score (nSPS) is 11.9. The fourth-order valence-corrected chi connectivity index (χ4v) is 2.70. The van der Waals surface area contributed by atoms with E-state index in [1.165, 1.54) is 4.88 Å². The molecule has 106 valence electrons. The lowest BCUT2D eigenvalue weighted by Gasteiger charge is -2.16. The van der Waals surface area contributed by atoms with Crippen LogP contribution in [0.3, 0.4) is 0 Å². The van der Waals surface area contributed by atoms with Crippen molar-refractivity contribution < 1.29 is 4.79 Å². The Hall–Kier alpha value is -1.95. The number of nitrogens with zero attached hydrogens (tertiary/aromatic N) is 2. The quantitative estimate of drug-likeness (QED) is 0.858. The Balaban J connectivity index is 2.07. The molecule has 6 heteroatoms. The third-order valence-corrected chi connectivity index (χ3v) is 3.91. The predicted octanol–water partition coefficient (Wildman–Crippen LogP) is 2.85. The second-order valence-electron chi connectivity index (χ2n) is 4.38. The Morgan fingerprint density at radius 2 is 2.20 bits per heavy atom. The molecule has 0 saturated heterocycles. The molecule has 0 aliphatic rings. The van der Waals surface area contributed by atoms with Gasteiger partial charge in [0.1, 0.15) is 5.82 Å². The van der Waals surface area contributed by atoms with Crippen LogP contribution in [-0.4, -0.2) is 23.2 Å². The predicted molar refractivity (Wildman–Crippen MR) is 81.0 cm³/mol. The number of nitrogens with one attached hydrogen (secondary N) is 2.